The maximum Gasteiger partial charge on any atom is 0.296 e. The van der Waals surface area contributed by atoms with Gasteiger partial charge in [0.2, 0.25) is 0 Å². The maximum absolute atomic E-state index is 11.3. The molecule has 0 aromatic heterocycles. The van der Waals surface area contributed by atoms with Gasteiger partial charge in [0.05, 0.1) is 11.5 Å². The minimum absolute atomic E-state index is 0.147. The molecule has 2 rings (SSSR count). The first kappa shape index (κ1) is 20.4. The number of nitro benzene ring substituents is 1. The van der Waals surface area contributed by atoms with Crippen molar-refractivity contribution in [3.05, 3.63) is 68.2 Å². The van der Waals surface area contributed by atoms with Crippen LogP contribution >= 0.6 is 15.9 Å². The lowest BCUT2D eigenvalue weighted by Crippen LogP contribution is -2.06. The van der Waals surface area contributed by atoms with Crippen molar-refractivity contribution < 1.29 is 9.66 Å². The number of unbranched alkanes of at least 4 members (excludes halogenated alkanes) is 3. The third kappa shape index (κ3) is 6.42. The number of nitro groups is 1. The molecule has 5 nitrogen and oxygen atoms in total. The predicted molar refractivity (Wildman–Crippen MR) is 109 cm³/mol. The van der Waals surface area contributed by atoms with E-state index in [4.69, 9.17) is 4.74 Å². The van der Waals surface area contributed by atoms with E-state index in [9.17, 15) is 10.1 Å². The molecule has 0 heterocycles. The van der Waals surface area contributed by atoms with Crippen molar-refractivity contribution >= 4 is 27.3 Å². The first-order chi connectivity index (χ1) is 12.6. The zero-order valence-electron chi connectivity index (χ0n) is 15.0. The lowest BCUT2D eigenvalue weighted by Gasteiger charge is -2.10. The second kappa shape index (κ2) is 10.9. The fourth-order valence-corrected chi connectivity index (χ4v) is 3.04. The molecule has 6 heteroatoms. The monoisotopic (exact) mass is 420 g/mol. The van der Waals surface area contributed by atoms with E-state index in [0.29, 0.717) is 17.9 Å². The fraction of sp³-hybridized carbons (Fsp3) is 0.400. The van der Waals surface area contributed by atoms with Crippen LogP contribution in [0.15, 0.2) is 46.9 Å². The van der Waals surface area contributed by atoms with E-state index in [1.807, 2.05) is 24.3 Å². The summed E-state index contributed by atoms with van der Waals surface area (Å²) in [6.45, 7) is 3.91. The predicted octanol–water partition coefficient (Wildman–Crippen LogP) is 5.85. The Labute approximate surface area is 163 Å². The molecule has 0 bridgehead atoms. The average molecular weight is 421 g/mol. The highest BCUT2D eigenvalue weighted by atomic mass is 79.9. The van der Waals surface area contributed by atoms with Crippen LogP contribution in [-0.2, 0) is 11.3 Å². The molecule has 0 atom stereocenters. The van der Waals surface area contributed by atoms with Gasteiger partial charge in [-0.05, 0) is 37.5 Å². The van der Waals surface area contributed by atoms with Crippen LogP contribution in [0.2, 0.25) is 0 Å². The Hall–Kier alpha value is -1.92. The summed E-state index contributed by atoms with van der Waals surface area (Å²) in [7, 11) is 0. The zero-order valence-corrected chi connectivity index (χ0v) is 16.6. The molecule has 0 radical (unpaired) electrons. The van der Waals surface area contributed by atoms with Crippen molar-refractivity contribution in [2.75, 3.05) is 18.5 Å². The van der Waals surface area contributed by atoms with E-state index in [0.717, 1.165) is 43.3 Å². The van der Waals surface area contributed by atoms with Crippen molar-refractivity contribution in [1.82, 2.24) is 0 Å². The van der Waals surface area contributed by atoms with Crippen LogP contribution in [0.1, 0.15) is 36.8 Å². The average Bonchev–Trinajstić information content (AvgIpc) is 2.63. The van der Waals surface area contributed by atoms with Gasteiger partial charge in [-0.2, -0.15) is 0 Å². The third-order valence-electron chi connectivity index (χ3n) is 4.19. The van der Waals surface area contributed by atoms with E-state index in [-0.39, 0.29) is 10.6 Å². The minimum Gasteiger partial charge on any atom is -0.379 e. The molecule has 0 unspecified atom stereocenters. The first-order valence-corrected chi connectivity index (χ1v) is 9.68. The Balaban J connectivity index is 1.60. The molecule has 140 valence electrons. The lowest BCUT2D eigenvalue weighted by molar-refractivity contribution is -0.384. The van der Waals surface area contributed by atoms with Gasteiger partial charge in [-0.1, -0.05) is 59.1 Å². The third-order valence-corrected chi connectivity index (χ3v) is 5.05. The quantitative estimate of drug-likeness (QED) is 0.281. The van der Waals surface area contributed by atoms with Crippen molar-refractivity contribution in [2.24, 2.45) is 0 Å². The normalized spacial score (nSPS) is 10.7. The van der Waals surface area contributed by atoms with Gasteiger partial charge in [0.25, 0.3) is 5.69 Å². The highest BCUT2D eigenvalue weighted by Gasteiger charge is 2.18. The number of rotatable bonds is 11. The highest BCUT2D eigenvalue weighted by molar-refractivity contribution is 9.10. The number of hydrogen-bond acceptors (Lipinski definition) is 4. The van der Waals surface area contributed by atoms with Crippen LogP contribution in [0.3, 0.4) is 0 Å². The van der Waals surface area contributed by atoms with Gasteiger partial charge in [0.1, 0.15) is 5.69 Å². The molecule has 26 heavy (non-hydrogen) atoms. The number of anilines is 1. The van der Waals surface area contributed by atoms with Gasteiger partial charge in [0.15, 0.2) is 0 Å². The second-order valence-electron chi connectivity index (χ2n) is 6.20. The topological polar surface area (TPSA) is 64.4 Å². The molecule has 0 fully saturated rings. The summed E-state index contributed by atoms with van der Waals surface area (Å²) in [5.74, 6) is 0. The summed E-state index contributed by atoms with van der Waals surface area (Å²) >= 11 is 3.34. The summed E-state index contributed by atoms with van der Waals surface area (Å²) in [6.07, 6.45) is 4.18. The van der Waals surface area contributed by atoms with E-state index >= 15 is 0 Å². The summed E-state index contributed by atoms with van der Waals surface area (Å²) in [5.41, 5.74) is 2.58. The molecule has 0 saturated carbocycles. The van der Waals surface area contributed by atoms with Crippen molar-refractivity contribution in [1.29, 1.82) is 0 Å². The molecule has 0 saturated heterocycles. The second-order valence-corrected chi connectivity index (χ2v) is 7.06. The highest BCUT2D eigenvalue weighted by Crippen LogP contribution is 2.33. The lowest BCUT2D eigenvalue weighted by atomic mass is 10.1. The van der Waals surface area contributed by atoms with E-state index in [2.05, 4.69) is 33.4 Å². The molecule has 1 N–H and O–H groups in total. The first-order valence-electron chi connectivity index (χ1n) is 8.88. The van der Waals surface area contributed by atoms with Crippen molar-refractivity contribution in [2.45, 2.75) is 39.2 Å². The molecule has 2 aromatic carbocycles. The smallest absolute Gasteiger partial charge is 0.296 e. The molecule has 0 spiro atoms. The largest absolute Gasteiger partial charge is 0.379 e. The number of benzene rings is 2. The zero-order chi connectivity index (χ0) is 18.8. The number of nitrogens with zero attached hydrogens (tertiary/aromatic N) is 1. The molecule has 0 aliphatic heterocycles. The maximum atomic E-state index is 11.3. The Morgan fingerprint density at radius 1 is 1.08 bits per heavy atom. The summed E-state index contributed by atoms with van der Waals surface area (Å²) < 4.78 is 6.42. The summed E-state index contributed by atoms with van der Waals surface area (Å²) in [5, 5.41) is 14.5. The van der Waals surface area contributed by atoms with Crippen molar-refractivity contribution in [3.8, 4) is 0 Å². The van der Waals surface area contributed by atoms with Crippen LogP contribution in [0.4, 0.5) is 11.4 Å². The van der Waals surface area contributed by atoms with Crippen LogP contribution in [0.25, 0.3) is 0 Å². The van der Waals surface area contributed by atoms with Crippen LogP contribution in [-0.4, -0.2) is 18.1 Å². The van der Waals surface area contributed by atoms with Crippen LogP contribution < -0.4 is 5.32 Å². The van der Waals surface area contributed by atoms with Gasteiger partial charge in [-0.15, -0.1) is 0 Å². The standard InChI is InChI=1S/C20H25BrN2O3/c1-16-18(21)11-12-19(20(16)23(24)25)22-13-7-2-3-8-14-26-15-17-9-5-4-6-10-17/h4-6,9-12,22H,2-3,7-8,13-15H2,1H3. The Morgan fingerprint density at radius 2 is 1.81 bits per heavy atom. The SMILES string of the molecule is Cc1c(Br)ccc(NCCCCCCOCc2ccccc2)c1[N+](=O)[O-]. The fourth-order valence-electron chi connectivity index (χ4n) is 2.72. The van der Waals surface area contributed by atoms with E-state index in [1.54, 1.807) is 13.0 Å². The van der Waals surface area contributed by atoms with E-state index in [1.165, 1.54) is 5.56 Å². The van der Waals surface area contributed by atoms with E-state index < -0.39 is 0 Å². The summed E-state index contributed by atoms with van der Waals surface area (Å²) in [4.78, 5) is 10.9. The van der Waals surface area contributed by atoms with Crippen LogP contribution in [0.5, 0.6) is 0 Å². The number of ether oxygens (including phenoxy) is 1. The van der Waals surface area contributed by atoms with Gasteiger partial charge in [-0.25, -0.2) is 0 Å². The number of hydrogen-bond donors (Lipinski definition) is 1. The number of halogens is 1. The molecule has 2 aromatic rings. The number of nitrogens with one attached hydrogen (secondary N) is 1. The molecule has 0 aliphatic carbocycles. The molecule has 0 amide bonds. The summed E-state index contributed by atoms with van der Waals surface area (Å²) in [6, 6.07) is 13.8. The molecular weight excluding hydrogens is 396 g/mol. The van der Waals surface area contributed by atoms with Gasteiger partial charge in [0, 0.05) is 23.2 Å². The van der Waals surface area contributed by atoms with Gasteiger partial charge >= 0.3 is 0 Å². The Bertz CT molecular complexity index is 708. The Kier molecular flexibility index (Phi) is 8.58. The Morgan fingerprint density at radius 3 is 2.54 bits per heavy atom. The van der Waals surface area contributed by atoms with Crippen molar-refractivity contribution in [3.63, 3.8) is 0 Å². The molecular formula is C20H25BrN2O3. The van der Waals surface area contributed by atoms with Gasteiger partial charge < -0.3 is 10.1 Å². The van der Waals surface area contributed by atoms with Crippen LogP contribution in [0, 0.1) is 17.0 Å². The van der Waals surface area contributed by atoms with Gasteiger partial charge in [-0.3, -0.25) is 10.1 Å². The minimum atomic E-state index is -0.327. The molecule has 0 aliphatic rings.